The number of anilines is 2. The number of hydrogen-bond acceptors (Lipinski definition) is 3. The van der Waals surface area contributed by atoms with Crippen molar-refractivity contribution in [3.8, 4) is 0 Å². The number of hydrogen-bond donors (Lipinski definition) is 2. The number of benzene rings is 2. The number of piperidine rings is 1. The van der Waals surface area contributed by atoms with Crippen LogP contribution in [0, 0.1) is 11.6 Å². The first-order valence-corrected chi connectivity index (χ1v) is 10.2. The largest absolute Gasteiger partial charge is 0.369 e. The molecule has 2 fully saturated rings. The summed E-state index contributed by atoms with van der Waals surface area (Å²) in [5.41, 5.74) is 1.55. The Morgan fingerprint density at radius 2 is 1.62 bits per heavy atom. The lowest BCUT2D eigenvalue weighted by Crippen LogP contribution is -2.52. The maximum atomic E-state index is 14.0. The van der Waals surface area contributed by atoms with Gasteiger partial charge in [0, 0.05) is 50.0 Å². The fraction of sp³-hybridized carbons (Fsp3) is 0.409. The molecular formula is C22H26F2N4O. The van der Waals surface area contributed by atoms with E-state index in [1.165, 1.54) is 17.8 Å². The van der Waals surface area contributed by atoms with Crippen LogP contribution in [0.25, 0.3) is 0 Å². The van der Waals surface area contributed by atoms with Crippen LogP contribution in [0.4, 0.5) is 25.0 Å². The minimum atomic E-state index is -0.587. The molecule has 0 bridgehead atoms. The van der Waals surface area contributed by atoms with Crippen LogP contribution in [-0.4, -0.2) is 44.3 Å². The van der Waals surface area contributed by atoms with Crippen LogP contribution in [-0.2, 0) is 0 Å². The highest BCUT2D eigenvalue weighted by molar-refractivity contribution is 5.75. The van der Waals surface area contributed by atoms with Gasteiger partial charge in [-0.2, -0.15) is 0 Å². The number of amides is 2. The number of halogens is 2. The molecule has 2 amide bonds. The van der Waals surface area contributed by atoms with E-state index in [-0.39, 0.29) is 18.1 Å². The molecule has 2 aromatic rings. The molecule has 2 atom stereocenters. The van der Waals surface area contributed by atoms with Crippen LogP contribution < -0.4 is 20.4 Å². The van der Waals surface area contributed by atoms with Gasteiger partial charge < -0.3 is 20.4 Å². The van der Waals surface area contributed by atoms with Gasteiger partial charge in [-0.1, -0.05) is 18.2 Å². The van der Waals surface area contributed by atoms with Crippen molar-refractivity contribution in [2.45, 2.75) is 31.3 Å². The summed E-state index contributed by atoms with van der Waals surface area (Å²) in [6, 6.07) is 13.7. The zero-order valence-electron chi connectivity index (χ0n) is 16.3. The standard InChI is InChI=1S/C22H26F2N4O/c23-16-8-9-21(20(24)13-16)28-12-10-18(15-28)26-22(29)25-17-5-4-11-27(14-17)19-6-2-1-3-7-19/h1-3,6-9,13,17-18H,4-5,10-12,14-15H2,(H2,25,26,29). The fourth-order valence-electron chi connectivity index (χ4n) is 4.22. The molecule has 0 saturated carbocycles. The maximum Gasteiger partial charge on any atom is 0.315 e. The third kappa shape index (κ3) is 4.78. The summed E-state index contributed by atoms with van der Waals surface area (Å²) in [5.74, 6) is -1.16. The van der Waals surface area contributed by atoms with Crippen molar-refractivity contribution in [1.82, 2.24) is 10.6 Å². The second-order valence-corrected chi connectivity index (χ2v) is 7.77. The molecular weight excluding hydrogens is 374 g/mol. The van der Waals surface area contributed by atoms with E-state index in [0.717, 1.165) is 38.4 Å². The summed E-state index contributed by atoms with van der Waals surface area (Å²) < 4.78 is 27.1. The average molecular weight is 400 g/mol. The van der Waals surface area contributed by atoms with E-state index < -0.39 is 11.6 Å². The predicted octanol–water partition coefficient (Wildman–Crippen LogP) is 3.51. The molecule has 0 radical (unpaired) electrons. The number of nitrogens with zero attached hydrogens (tertiary/aromatic N) is 2. The van der Waals surface area contributed by atoms with Crippen LogP contribution in [0.1, 0.15) is 19.3 Å². The molecule has 0 aliphatic carbocycles. The predicted molar refractivity (Wildman–Crippen MR) is 110 cm³/mol. The molecule has 2 heterocycles. The molecule has 2 N–H and O–H groups in total. The Labute approximate surface area is 169 Å². The highest BCUT2D eigenvalue weighted by Gasteiger charge is 2.27. The molecule has 4 rings (SSSR count). The van der Waals surface area contributed by atoms with Crippen molar-refractivity contribution in [3.63, 3.8) is 0 Å². The van der Waals surface area contributed by atoms with Crippen LogP contribution in [0.3, 0.4) is 0 Å². The fourth-order valence-corrected chi connectivity index (χ4v) is 4.22. The minimum absolute atomic E-state index is 0.0618. The van der Waals surface area contributed by atoms with Crippen molar-refractivity contribution in [1.29, 1.82) is 0 Å². The molecule has 2 unspecified atom stereocenters. The highest BCUT2D eigenvalue weighted by atomic mass is 19.1. The quantitative estimate of drug-likeness (QED) is 0.826. The molecule has 29 heavy (non-hydrogen) atoms. The lowest BCUT2D eigenvalue weighted by atomic mass is 10.1. The molecule has 2 aromatic carbocycles. The second kappa shape index (κ2) is 8.68. The van der Waals surface area contributed by atoms with Gasteiger partial charge in [-0.3, -0.25) is 0 Å². The lowest BCUT2D eigenvalue weighted by Gasteiger charge is -2.35. The number of para-hydroxylation sites is 1. The zero-order valence-corrected chi connectivity index (χ0v) is 16.3. The van der Waals surface area contributed by atoms with E-state index in [2.05, 4.69) is 27.7 Å². The smallest absolute Gasteiger partial charge is 0.315 e. The lowest BCUT2D eigenvalue weighted by molar-refractivity contribution is 0.232. The summed E-state index contributed by atoms with van der Waals surface area (Å²) in [5, 5.41) is 6.09. The normalized spacial score (nSPS) is 21.9. The monoisotopic (exact) mass is 400 g/mol. The average Bonchev–Trinajstić information content (AvgIpc) is 3.16. The number of carbonyl (C=O) groups excluding carboxylic acids is 1. The van der Waals surface area contributed by atoms with Gasteiger partial charge in [0.05, 0.1) is 5.69 Å². The van der Waals surface area contributed by atoms with Crippen molar-refractivity contribution < 1.29 is 13.6 Å². The Bertz CT molecular complexity index is 848. The Balaban J connectivity index is 1.28. The topological polar surface area (TPSA) is 47.6 Å². The van der Waals surface area contributed by atoms with E-state index in [1.54, 1.807) is 0 Å². The Morgan fingerprint density at radius 1 is 0.897 bits per heavy atom. The van der Waals surface area contributed by atoms with Crippen LogP contribution in [0.2, 0.25) is 0 Å². The van der Waals surface area contributed by atoms with Gasteiger partial charge in [0.1, 0.15) is 11.6 Å². The third-order valence-electron chi connectivity index (χ3n) is 5.65. The minimum Gasteiger partial charge on any atom is -0.369 e. The molecule has 0 spiro atoms. The van der Waals surface area contributed by atoms with E-state index >= 15 is 0 Å². The molecule has 154 valence electrons. The molecule has 2 aliphatic rings. The van der Waals surface area contributed by atoms with Gasteiger partial charge in [0.25, 0.3) is 0 Å². The highest BCUT2D eigenvalue weighted by Crippen LogP contribution is 2.24. The van der Waals surface area contributed by atoms with Crippen LogP contribution in [0.15, 0.2) is 48.5 Å². The summed E-state index contributed by atoms with van der Waals surface area (Å²) >= 11 is 0. The van der Waals surface area contributed by atoms with Gasteiger partial charge in [0.15, 0.2) is 0 Å². The summed E-state index contributed by atoms with van der Waals surface area (Å²) in [4.78, 5) is 16.6. The molecule has 0 aromatic heterocycles. The zero-order chi connectivity index (χ0) is 20.2. The number of nitrogens with one attached hydrogen (secondary N) is 2. The van der Waals surface area contributed by atoms with E-state index in [4.69, 9.17) is 0 Å². The Kier molecular flexibility index (Phi) is 5.83. The van der Waals surface area contributed by atoms with Crippen molar-refractivity contribution >= 4 is 17.4 Å². The Morgan fingerprint density at radius 3 is 2.38 bits per heavy atom. The van der Waals surface area contributed by atoms with Crippen LogP contribution in [0.5, 0.6) is 0 Å². The summed E-state index contributed by atoms with van der Waals surface area (Å²) in [6.45, 7) is 2.91. The molecule has 2 aliphatic heterocycles. The van der Waals surface area contributed by atoms with Crippen molar-refractivity contribution in [2.75, 3.05) is 36.0 Å². The van der Waals surface area contributed by atoms with E-state index in [9.17, 15) is 13.6 Å². The van der Waals surface area contributed by atoms with Gasteiger partial charge in [-0.25, -0.2) is 13.6 Å². The maximum absolute atomic E-state index is 14.0. The van der Waals surface area contributed by atoms with Crippen molar-refractivity contribution in [2.24, 2.45) is 0 Å². The first-order valence-electron chi connectivity index (χ1n) is 10.2. The molecule has 2 saturated heterocycles. The van der Waals surface area contributed by atoms with Gasteiger partial charge >= 0.3 is 6.03 Å². The third-order valence-corrected chi connectivity index (χ3v) is 5.65. The molecule has 7 heteroatoms. The van der Waals surface area contributed by atoms with Crippen molar-refractivity contribution in [3.05, 3.63) is 60.2 Å². The first kappa shape index (κ1) is 19.5. The van der Waals surface area contributed by atoms with Crippen LogP contribution >= 0.6 is 0 Å². The SMILES string of the molecule is O=C(NC1CCCN(c2ccccc2)C1)NC1CCN(c2ccc(F)cc2F)C1. The Hall–Kier alpha value is -2.83. The number of carbonyl (C=O) groups is 1. The molecule has 5 nitrogen and oxygen atoms in total. The van der Waals surface area contributed by atoms with E-state index in [1.807, 2.05) is 23.1 Å². The number of rotatable bonds is 4. The first-order chi connectivity index (χ1) is 14.1. The van der Waals surface area contributed by atoms with Gasteiger partial charge in [0.2, 0.25) is 0 Å². The summed E-state index contributed by atoms with van der Waals surface area (Å²) in [6.07, 6.45) is 2.71. The van der Waals surface area contributed by atoms with Gasteiger partial charge in [-0.05, 0) is 43.5 Å². The second-order valence-electron chi connectivity index (χ2n) is 7.77. The number of urea groups is 1. The summed E-state index contributed by atoms with van der Waals surface area (Å²) in [7, 11) is 0. The van der Waals surface area contributed by atoms with E-state index in [0.29, 0.717) is 18.8 Å². The van der Waals surface area contributed by atoms with Gasteiger partial charge in [-0.15, -0.1) is 0 Å².